The molecule has 0 fully saturated rings. The number of aromatic nitrogens is 2. The summed E-state index contributed by atoms with van der Waals surface area (Å²) in [5.41, 5.74) is 8.07. The van der Waals surface area contributed by atoms with Gasteiger partial charge in [-0.3, -0.25) is 5.73 Å². The standard InChI is InChI=1S/C15H18N4.HI/c1-4-10-19(13-8-6-5-7-9-13)14-11-12(2)18(3)15(16)17-14;/h4-9,11,16H,1,10H2,2-3H3;1H. The van der Waals surface area contributed by atoms with Crippen molar-refractivity contribution in [3.63, 3.8) is 0 Å². The molecule has 20 heavy (non-hydrogen) atoms. The number of anilines is 3. The molecule has 0 amide bonds. The van der Waals surface area contributed by atoms with Crippen molar-refractivity contribution < 1.29 is 28.5 Å². The molecular weight excluding hydrogens is 363 g/mol. The maximum atomic E-state index is 5.93. The lowest BCUT2D eigenvalue weighted by molar-refractivity contribution is -0.665. The highest BCUT2D eigenvalue weighted by Crippen LogP contribution is 2.23. The molecule has 2 aromatic rings. The van der Waals surface area contributed by atoms with Crippen LogP contribution >= 0.6 is 0 Å². The number of hydrogen-bond acceptors (Lipinski definition) is 3. The van der Waals surface area contributed by atoms with E-state index in [1.807, 2.05) is 61.0 Å². The molecule has 0 saturated heterocycles. The maximum absolute atomic E-state index is 5.93. The summed E-state index contributed by atoms with van der Waals surface area (Å²) in [6.07, 6.45) is 1.85. The highest BCUT2D eigenvalue weighted by Gasteiger charge is 2.16. The van der Waals surface area contributed by atoms with E-state index in [1.165, 1.54) is 0 Å². The molecule has 2 N–H and O–H groups in total. The van der Waals surface area contributed by atoms with E-state index in [0.29, 0.717) is 12.5 Å². The molecule has 0 aliphatic heterocycles. The van der Waals surface area contributed by atoms with Crippen LogP contribution in [0.5, 0.6) is 0 Å². The quantitative estimate of drug-likeness (QED) is 0.425. The molecule has 0 unspecified atom stereocenters. The van der Waals surface area contributed by atoms with Gasteiger partial charge in [-0.05, 0) is 19.1 Å². The Hall–Kier alpha value is -1.63. The van der Waals surface area contributed by atoms with Crippen molar-refractivity contribution in [3.8, 4) is 0 Å². The number of para-hydroxylation sites is 1. The Morgan fingerprint density at radius 3 is 2.55 bits per heavy atom. The molecule has 0 aliphatic carbocycles. The highest BCUT2D eigenvalue weighted by molar-refractivity contribution is 5.60. The van der Waals surface area contributed by atoms with E-state index < -0.39 is 0 Å². The number of nitrogens with two attached hydrogens (primary N) is 1. The molecule has 1 aromatic heterocycles. The van der Waals surface area contributed by atoms with Gasteiger partial charge in [-0.1, -0.05) is 29.3 Å². The zero-order chi connectivity index (χ0) is 13.8. The second-order valence-electron chi connectivity index (χ2n) is 4.41. The van der Waals surface area contributed by atoms with Crippen molar-refractivity contribution in [1.82, 2.24) is 4.98 Å². The molecular formula is C15H19IN4. The van der Waals surface area contributed by atoms with Crippen LogP contribution in [-0.2, 0) is 7.05 Å². The third-order valence-corrected chi connectivity index (χ3v) is 3.10. The lowest BCUT2D eigenvalue weighted by Crippen LogP contribution is -3.00. The lowest BCUT2D eigenvalue weighted by atomic mass is 10.2. The molecule has 0 saturated carbocycles. The van der Waals surface area contributed by atoms with E-state index in [0.717, 1.165) is 17.2 Å². The summed E-state index contributed by atoms with van der Waals surface area (Å²) in [7, 11) is 1.90. The third-order valence-electron chi connectivity index (χ3n) is 3.10. The van der Waals surface area contributed by atoms with Crippen molar-refractivity contribution in [3.05, 3.63) is 54.7 Å². The van der Waals surface area contributed by atoms with Gasteiger partial charge in [0.15, 0.2) is 0 Å². The second-order valence-corrected chi connectivity index (χ2v) is 4.41. The first kappa shape index (κ1) is 16.4. The van der Waals surface area contributed by atoms with Gasteiger partial charge in [0.25, 0.3) is 0 Å². The average Bonchev–Trinajstić information content (AvgIpc) is 2.42. The molecule has 106 valence electrons. The summed E-state index contributed by atoms with van der Waals surface area (Å²) in [6, 6.07) is 12.1. The number of hydrogen-bond donors (Lipinski definition) is 1. The normalized spacial score (nSPS) is 9.70. The van der Waals surface area contributed by atoms with Gasteiger partial charge in [0.05, 0.1) is 12.7 Å². The molecule has 0 spiro atoms. The fourth-order valence-electron chi connectivity index (χ4n) is 1.90. The monoisotopic (exact) mass is 382 g/mol. The number of benzene rings is 1. The molecule has 0 aliphatic rings. The van der Waals surface area contributed by atoms with Crippen LogP contribution in [0.1, 0.15) is 5.69 Å². The van der Waals surface area contributed by atoms with Gasteiger partial charge < -0.3 is 28.9 Å². The zero-order valence-electron chi connectivity index (χ0n) is 11.8. The number of aryl methyl sites for hydroxylation is 1. The Morgan fingerprint density at radius 1 is 1.35 bits per heavy atom. The van der Waals surface area contributed by atoms with Gasteiger partial charge in [-0.25, -0.2) is 4.57 Å². The smallest absolute Gasteiger partial charge is 0.391 e. The summed E-state index contributed by atoms with van der Waals surface area (Å²) in [5.74, 6) is 1.33. The van der Waals surface area contributed by atoms with E-state index in [9.17, 15) is 0 Å². The minimum absolute atomic E-state index is 0. The fraction of sp³-hybridized carbons (Fsp3) is 0.200. The van der Waals surface area contributed by atoms with E-state index in [1.54, 1.807) is 0 Å². The van der Waals surface area contributed by atoms with Crippen LogP contribution in [0.3, 0.4) is 0 Å². The van der Waals surface area contributed by atoms with Crippen molar-refractivity contribution in [1.29, 1.82) is 0 Å². The van der Waals surface area contributed by atoms with Gasteiger partial charge in [-0.2, -0.15) is 0 Å². The summed E-state index contributed by atoms with van der Waals surface area (Å²) < 4.78 is 1.86. The largest absolute Gasteiger partial charge is 1.00 e. The van der Waals surface area contributed by atoms with Crippen LogP contribution in [-0.4, -0.2) is 11.5 Å². The maximum Gasteiger partial charge on any atom is 0.391 e. The molecule has 5 heteroatoms. The van der Waals surface area contributed by atoms with Crippen LogP contribution in [0.25, 0.3) is 0 Å². The van der Waals surface area contributed by atoms with E-state index in [2.05, 4.69) is 16.5 Å². The highest BCUT2D eigenvalue weighted by atomic mass is 127. The Morgan fingerprint density at radius 2 is 2.00 bits per heavy atom. The predicted molar refractivity (Wildman–Crippen MR) is 78.2 cm³/mol. The Kier molecular flexibility index (Phi) is 5.94. The molecule has 0 radical (unpaired) electrons. The Labute approximate surface area is 137 Å². The molecule has 0 bridgehead atoms. The first-order valence-corrected chi connectivity index (χ1v) is 6.20. The average molecular weight is 382 g/mol. The van der Waals surface area contributed by atoms with Crippen LogP contribution < -0.4 is 39.2 Å². The van der Waals surface area contributed by atoms with E-state index in [-0.39, 0.29) is 24.0 Å². The number of rotatable bonds is 4. The minimum atomic E-state index is 0. The predicted octanol–water partition coefficient (Wildman–Crippen LogP) is -0.875. The first-order valence-electron chi connectivity index (χ1n) is 6.20. The Balaban J connectivity index is 0.00000200. The van der Waals surface area contributed by atoms with Crippen LogP contribution in [0.2, 0.25) is 0 Å². The van der Waals surface area contributed by atoms with E-state index in [4.69, 9.17) is 5.73 Å². The topological polar surface area (TPSA) is 46.0 Å². The zero-order valence-corrected chi connectivity index (χ0v) is 13.9. The number of nitrogens with zero attached hydrogens (tertiary/aromatic N) is 3. The summed E-state index contributed by atoms with van der Waals surface area (Å²) in [5, 5.41) is 0. The van der Waals surface area contributed by atoms with Crippen molar-refractivity contribution in [2.45, 2.75) is 6.92 Å². The minimum Gasteiger partial charge on any atom is -1.00 e. The van der Waals surface area contributed by atoms with Gasteiger partial charge in [-0.15, -0.1) is 6.58 Å². The lowest BCUT2D eigenvalue weighted by Gasteiger charge is -2.20. The molecule has 4 nitrogen and oxygen atoms in total. The molecule has 1 aromatic carbocycles. The first-order chi connectivity index (χ1) is 9.13. The van der Waals surface area contributed by atoms with Gasteiger partial charge in [0.2, 0.25) is 5.82 Å². The van der Waals surface area contributed by atoms with Crippen LogP contribution in [0, 0.1) is 6.92 Å². The summed E-state index contributed by atoms with van der Waals surface area (Å²) in [6.45, 7) is 6.50. The van der Waals surface area contributed by atoms with Crippen LogP contribution in [0.15, 0.2) is 49.1 Å². The summed E-state index contributed by atoms with van der Waals surface area (Å²) in [4.78, 5) is 6.53. The van der Waals surface area contributed by atoms with Gasteiger partial charge >= 0.3 is 5.95 Å². The molecule has 2 rings (SSSR count). The number of nitrogen functional groups attached to an aromatic ring is 1. The van der Waals surface area contributed by atoms with Gasteiger partial charge in [0, 0.05) is 18.3 Å². The SMILES string of the molecule is C=CCN(c1ccccc1)c1cc(C)[n+](C)c(N)n1.[I-]. The van der Waals surface area contributed by atoms with Crippen molar-refractivity contribution in [2.24, 2.45) is 7.05 Å². The third kappa shape index (κ3) is 3.47. The van der Waals surface area contributed by atoms with E-state index >= 15 is 0 Å². The second kappa shape index (κ2) is 7.23. The van der Waals surface area contributed by atoms with Gasteiger partial charge in [0.1, 0.15) is 0 Å². The van der Waals surface area contributed by atoms with Crippen LogP contribution in [0.4, 0.5) is 17.5 Å². The molecule has 0 atom stereocenters. The number of halogens is 1. The van der Waals surface area contributed by atoms with Crippen molar-refractivity contribution >= 4 is 17.5 Å². The summed E-state index contributed by atoms with van der Waals surface area (Å²) >= 11 is 0. The Bertz CT molecular complexity index is 561. The fourth-order valence-corrected chi connectivity index (χ4v) is 1.90. The molecule has 1 heterocycles. The van der Waals surface area contributed by atoms with Crippen molar-refractivity contribution in [2.75, 3.05) is 17.2 Å².